The Morgan fingerprint density at radius 2 is 2.07 bits per heavy atom. The molecule has 0 atom stereocenters. The molecule has 0 aliphatic carbocycles. The molecule has 0 aliphatic rings. The second-order valence-electron chi connectivity index (χ2n) is 2.62. The van der Waals surface area contributed by atoms with E-state index in [4.69, 9.17) is 5.26 Å². The van der Waals surface area contributed by atoms with Gasteiger partial charge >= 0.3 is 5.97 Å². The molecule has 0 bridgehead atoms. The van der Waals surface area contributed by atoms with Gasteiger partial charge < -0.3 is 4.74 Å². The fraction of sp³-hybridized carbons (Fsp3) is 0.0909. The molecule has 0 amide bonds. The number of nitrogens with zero attached hydrogens (tertiary/aromatic N) is 1. The van der Waals surface area contributed by atoms with Crippen molar-refractivity contribution in [2.24, 2.45) is 0 Å². The first kappa shape index (κ1) is 10.0. The van der Waals surface area contributed by atoms with Crippen LogP contribution in [0.5, 0.6) is 0 Å². The van der Waals surface area contributed by atoms with E-state index in [0.717, 1.165) is 11.8 Å². The van der Waals surface area contributed by atoms with Crippen molar-refractivity contribution in [1.82, 2.24) is 0 Å². The number of esters is 1. The fourth-order valence-corrected chi connectivity index (χ4v) is 0.919. The van der Waals surface area contributed by atoms with Crippen molar-refractivity contribution in [1.29, 1.82) is 5.26 Å². The van der Waals surface area contributed by atoms with Crippen LogP contribution in [0.25, 0.3) is 5.57 Å². The molecule has 1 aromatic rings. The lowest BCUT2D eigenvalue weighted by atomic mass is 10.1. The van der Waals surface area contributed by atoms with Gasteiger partial charge in [-0.15, -0.1) is 0 Å². The zero-order chi connectivity index (χ0) is 10.4. The van der Waals surface area contributed by atoms with Crippen LogP contribution in [0, 0.1) is 11.3 Å². The summed E-state index contributed by atoms with van der Waals surface area (Å²) in [6.45, 7) is 1.29. The lowest BCUT2D eigenvalue weighted by Gasteiger charge is -1.97. The minimum absolute atomic E-state index is 0.334. The van der Waals surface area contributed by atoms with Crippen molar-refractivity contribution in [3.05, 3.63) is 42.2 Å². The zero-order valence-corrected chi connectivity index (χ0v) is 7.73. The van der Waals surface area contributed by atoms with Crippen molar-refractivity contribution in [2.45, 2.75) is 6.92 Å². The minimum Gasteiger partial charge on any atom is -0.433 e. The molecule has 0 spiro atoms. The normalized spacial score (nSPS) is 10.4. The molecule has 0 fully saturated rings. The molecule has 0 radical (unpaired) electrons. The quantitative estimate of drug-likeness (QED) is 0.404. The summed E-state index contributed by atoms with van der Waals surface area (Å²) in [6.07, 6.45) is 1.16. The van der Waals surface area contributed by atoms with Gasteiger partial charge in [-0.3, -0.25) is 4.79 Å². The molecule has 0 N–H and O–H groups in total. The topological polar surface area (TPSA) is 50.1 Å². The predicted octanol–water partition coefficient (Wildman–Crippen LogP) is 2.11. The van der Waals surface area contributed by atoms with Crippen LogP contribution in [0.15, 0.2) is 36.6 Å². The van der Waals surface area contributed by atoms with E-state index in [9.17, 15) is 4.79 Å². The number of carbonyl (C=O) groups excluding carboxylic acids is 1. The average Bonchev–Trinajstić information content (AvgIpc) is 2.20. The largest absolute Gasteiger partial charge is 0.433 e. The molecule has 70 valence electrons. The maximum absolute atomic E-state index is 10.5. The summed E-state index contributed by atoms with van der Waals surface area (Å²) in [4.78, 5) is 10.5. The van der Waals surface area contributed by atoms with E-state index in [1.807, 2.05) is 24.3 Å². The Bertz CT molecular complexity index is 387. The van der Waals surface area contributed by atoms with Crippen LogP contribution in [-0.4, -0.2) is 5.97 Å². The van der Waals surface area contributed by atoms with E-state index in [1.165, 1.54) is 6.92 Å². The monoisotopic (exact) mass is 187 g/mol. The Balaban J connectivity index is 2.89. The van der Waals surface area contributed by atoms with Gasteiger partial charge in [0.25, 0.3) is 0 Å². The van der Waals surface area contributed by atoms with Crippen LogP contribution in [0.4, 0.5) is 0 Å². The summed E-state index contributed by atoms with van der Waals surface area (Å²) in [6, 6.07) is 11.0. The van der Waals surface area contributed by atoms with E-state index in [1.54, 1.807) is 12.1 Å². The third-order valence-electron chi connectivity index (χ3n) is 1.55. The Hall–Kier alpha value is -2.08. The molecule has 1 rings (SSSR count). The number of carbonyl (C=O) groups is 1. The highest BCUT2D eigenvalue weighted by molar-refractivity contribution is 5.77. The number of hydrogen-bond donors (Lipinski definition) is 0. The van der Waals surface area contributed by atoms with Gasteiger partial charge in [-0.1, -0.05) is 30.3 Å². The minimum atomic E-state index is -0.436. The van der Waals surface area contributed by atoms with Gasteiger partial charge in [0.05, 0.1) is 5.57 Å². The molecule has 3 heteroatoms. The third kappa shape index (κ3) is 2.76. The van der Waals surface area contributed by atoms with Gasteiger partial charge in [-0.05, 0) is 5.56 Å². The van der Waals surface area contributed by atoms with Crippen molar-refractivity contribution in [3.63, 3.8) is 0 Å². The lowest BCUT2D eigenvalue weighted by molar-refractivity contribution is -0.135. The van der Waals surface area contributed by atoms with E-state index in [2.05, 4.69) is 4.74 Å². The molecule has 0 aromatic heterocycles. The predicted molar refractivity (Wildman–Crippen MR) is 51.8 cm³/mol. The molecule has 0 aliphatic heterocycles. The standard InChI is InChI=1S/C11H9NO2/c1-9(13)14-8-11(7-12)10-5-3-2-4-6-10/h2-6,8H,1H3/b11-8+. The first-order valence-corrected chi connectivity index (χ1v) is 4.07. The fourth-order valence-electron chi connectivity index (χ4n) is 0.919. The maximum Gasteiger partial charge on any atom is 0.307 e. The van der Waals surface area contributed by atoms with E-state index >= 15 is 0 Å². The summed E-state index contributed by atoms with van der Waals surface area (Å²) in [5.41, 5.74) is 1.07. The number of allylic oxidation sites excluding steroid dienone is 1. The highest BCUT2D eigenvalue weighted by Crippen LogP contribution is 2.12. The van der Waals surface area contributed by atoms with Gasteiger partial charge in [0, 0.05) is 6.92 Å². The van der Waals surface area contributed by atoms with Crippen molar-refractivity contribution in [3.8, 4) is 6.07 Å². The van der Waals surface area contributed by atoms with Gasteiger partial charge in [-0.25, -0.2) is 0 Å². The summed E-state index contributed by atoms with van der Waals surface area (Å²) in [5.74, 6) is -0.436. The van der Waals surface area contributed by atoms with Crippen LogP contribution in [0.3, 0.4) is 0 Å². The summed E-state index contributed by atoms with van der Waals surface area (Å²) >= 11 is 0. The van der Waals surface area contributed by atoms with Crippen LogP contribution < -0.4 is 0 Å². The molecule has 0 saturated heterocycles. The highest BCUT2D eigenvalue weighted by Gasteiger charge is 1.99. The van der Waals surface area contributed by atoms with Crippen molar-refractivity contribution in [2.75, 3.05) is 0 Å². The molecule has 0 saturated carbocycles. The van der Waals surface area contributed by atoms with Crippen LogP contribution in [-0.2, 0) is 9.53 Å². The van der Waals surface area contributed by atoms with Gasteiger partial charge in [0.1, 0.15) is 12.3 Å². The number of nitriles is 1. The molecular weight excluding hydrogens is 178 g/mol. The Kier molecular flexibility index (Phi) is 3.45. The number of benzene rings is 1. The molecule has 0 heterocycles. The number of rotatable bonds is 2. The Morgan fingerprint density at radius 1 is 1.43 bits per heavy atom. The molecule has 14 heavy (non-hydrogen) atoms. The van der Waals surface area contributed by atoms with Gasteiger partial charge in [0.2, 0.25) is 0 Å². The van der Waals surface area contributed by atoms with Crippen molar-refractivity contribution < 1.29 is 9.53 Å². The zero-order valence-electron chi connectivity index (χ0n) is 7.73. The molecule has 0 unspecified atom stereocenters. The van der Waals surface area contributed by atoms with Crippen LogP contribution in [0.1, 0.15) is 12.5 Å². The van der Waals surface area contributed by atoms with E-state index in [-0.39, 0.29) is 0 Å². The molecule has 3 nitrogen and oxygen atoms in total. The Labute approximate surface area is 82.2 Å². The first-order valence-electron chi connectivity index (χ1n) is 4.07. The second-order valence-corrected chi connectivity index (χ2v) is 2.62. The molecular formula is C11H9NO2. The van der Waals surface area contributed by atoms with Crippen molar-refractivity contribution >= 4 is 11.5 Å². The van der Waals surface area contributed by atoms with Gasteiger partial charge in [-0.2, -0.15) is 5.26 Å². The SMILES string of the molecule is CC(=O)O/C=C(\C#N)c1ccccc1. The van der Waals surface area contributed by atoms with Crippen LogP contribution >= 0.6 is 0 Å². The number of ether oxygens (including phenoxy) is 1. The smallest absolute Gasteiger partial charge is 0.307 e. The summed E-state index contributed by atoms with van der Waals surface area (Å²) in [5, 5.41) is 8.78. The van der Waals surface area contributed by atoms with E-state index < -0.39 is 5.97 Å². The van der Waals surface area contributed by atoms with E-state index in [0.29, 0.717) is 5.57 Å². The Morgan fingerprint density at radius 3 is 2.57 bits per heavy atom. The summed E-state index contributed by atoms with van der Waals surface area (Å²) < 4.78 is 4.63. The molecule has 1 aromatic carbocycles. The number of hydrogen-bond acceptors (Lipinski definition) is 3. The highest BCUT2D eigenvalue weighted by atomic mass is 16.5. The van der Waals surface area contributed by atoms with Crippen LogP contribution in [0.2, 0.25) is 0 Å². The van der Waals surface area contributed by atoms with Gasteiger partial charge in [0.15, 0.2) is 0 Å². The second kappa shape index (κ2) is 4.83. The summed E-state index contributed by atoms with van der Waals surface area (Å²) in [7, 11) is 0. The average molecular weight is 187 g/mol. The maximum atomic E-state index is 10.5. The first-order chi connectivity index (χ1) is 6.74. The lowest BCUT2D eigenvalue weighted by Crippen LogP contribution is -1.91. The third-order valence-corrected chi connectivity index (χ3v) is 1.55.